The fourth-order valence-corrected chi connectivity index (χ4v) is 3.74. The van der Waals surface area contributed by atoms with E-state index in [0.717, 1.165) is 22.8 Å². The summed E-state index contributed by atoms with van der Waals surface area (Å²) in [4.78, 5) is 8.47. The number of imidazole rings is 1. The van der Waals surface area contributed by atoms with Gasteiger partial charge >= 0.3 is 0 Å². The van der Waals surface area contributed by atoms with Crippen molar-refractivity contribution in [3.8, 4) is 17.1 Å². The van der Waals surface area contributed by atoms with Gasteiger partial charge in [0.05, 0.1) is 11.3 Å². The van der Waals surface area contributed by atoms with Crippen molar-refractivity contribution in [2.75, 3.05) is 0 Å². The van der Waals surface area contributed by atoms with E-state index in [-0.39, 0.29) is 28.4 Å². The first kappa shape index (κ1) is 8.27. The van der Waals surface area contributed by atoms with E-state index in [1.165, 1.54) is 30.6 Å². The van der Waals surface area contributed by atoms with Crippen molar-refractivity contribution in [2.45, 2.75) is 46.0 Å². The maximum absolute atomic E-state index is 9.00. The van der Waals surface area contributed by atoms with Gasteiger partial charge in [0.15, 0.2) is 0 Å². The van der Waals surface area contributed by atoms with Gasteiger partial charge in [-0.05, 0) is 48.0 Å². The molecule has 5 rings (SSSR count). The Morgan fingerprint density at radius 3 is 2.45 bits per heavy atom. The first-order valence-corrected chi connectivity index (χ1v) is 9.27. The van der Waals surface area contributed by atoms with Gasteiger partial charge in [0.25, 0.3) is 0 Å². The highest BCUT2D eigenvalue weighted by Crippen LogP contribution is 2.38. The minimum Gasteiger partial charge on any atom is -0.437 e. The van der Waals surface area contributed by atoms with Crippen LogP contribution >= 0.6 is 0 Å². The third-order valence-electron chi connectivity index (χ3n) is 5.06. The highest BCUT2D eigenvalue weighted by atomic mass is 16.3. The lowest BCUT2D eigenvalue weighted by molar-refractivity contribution is 0.653. The quantitative estimate of drug-likeness (QED) is 0.301. The van der Waals surface area contributed by atoms with Crippen LogP contribution in [0.15, 0.2) is 65.3 Å². The van der Waals surface area contributed by atoms with Gasteiger partial charge < -0.3 is 4.42 Å². The molecule has 31 heavy (non-hydrogen) atoms. The molecular weight excluding hydrogens is 382 g/mol. The zero-order valence-corrected chi connectivity index (χ0v) is 16.0. The van der Waals surface area contributed by atoms with Crippen molar-refractivity contribution in [3.63, 3.8) is 0 Å². The average Bonchev–Trinajstić information content (AvgIpc) is 3.57. The summed E-state index contributed by atoms with van der Waals surface area (Å²) in [6, 6.07) is 10.5. The van der Waals surface area contributed by atoms with E-state index >= 15 is 0 Å². The Morgan fingerprint density at radius 1 is 0.935 bits per heavy atom. The number of para-hydroxylation sites is 2. The first-order valence-electron chi connectivity index (χ1n) is 17.8. The van der Waals surface area contributed by atoms with Gasteiger partial charge in [-0.2, -0.15) is 0 Å². The molecule has 0 aliphatic rings. The molecule has 2 aromatic carbocycles. The predicted molar refractivity (Wildman–Crippen MR) is 127 cm³/mol. The molecule has 156 valence electrons. The van der Waals surface area contributed by atoms with Crippen LogP contribution in [0.5, 0.6) is 0 Å². The first-order chi connectivity index (χ1) is 21.8. The number of nitrogens with zero attached hydrogens (tertiary/aromatic N) is 3. The molecule has 0 bridgehead atoms. The van der Waals surface area contributed by atoms with Crippen LogP contribution in [-0.2, 0) is 0 Å². The second kappa shape index (κ2) is 7.38. The summed E-state index contributed by atoms with van der Waals surface area (Å²) in [6.07, 6.45) is 2.37. The van der Waals surface area contributed by atoms with Crippen molar-refractivity contribution in [3.05, 3.63) is 77.7 Å². The van der Waals surface area contributed by atoms with Gasteiger partial charge in [-0.3, -0.25) is 4.57 Å². The predicted octanol–water partition coefficient (Wildman–Crippen LogP) is 7.39. The highest BCUT2D eigenvalue weighted by molar-refractivity contribution is 6.08. The number of hydrogen-bond donors (Lipinski definition) is 0. The number of rotatable bonds is 4. The van der Waals surface area contributed by atoms with E-state index in [1.54, 1.807) is 12.1 Å². The van der Waals surface area contributed by atoms with E-state index in [1.807, 2.05) is 0 Å². The average molecular weight is 427 g/mol. The van der Waals surface area contributed by atoms with Crippen molar-refractivity contribution >= 4 is 22.1 Å². The SMILES string of the molecule is [2H]C([2H])([2H])c1ccc2c(n1)oc1c(-c3nccn3-c3c(C([2H])(C([2H])([2H])[2H])C([2H])([2H])[2H])cccc3C([2H])(C([2H])([2H])[2H])C([2H])([2H])[2H])cccc12. The number of furan rings is 1. The van der Waals surface area contributed by atoms with E-state index < -0.39 is 62.9 Å². The van der Waals surface area contributed by atoms with Gasteiger partial charge in [0.1, 0.15) is 11.4 Å². The van der Waals surface area contributed by atoms with Crippen LogP contribution < -0.4 is 0 Å². The monoisotopic (exact) mass is 426 g/mol. The molecule has 0 amide bonds. The Labute approximate surface area is 206 Å². The van der Waals surface area contributed by atoms with E-state index in [2.05, 4.69) is 9.97 Å². The van der Waals surface area contributed by atoms with Crippen molar-refractivity contribution in [1.29, 1.82) is 0 Å². The second-order valence-corrected chi connectivity index (χ2v) is 6.91. The minimum atomic E-state index is -3.58. The summed E-state index contributed by atoms with van der Waals surface area (Å²) in [7, 11) is 0. The molecule has 0 aliphatic carbocycles. The number of pyridine rings is 1. The van der Waals surface area contributed by atoms with Crippen LogP contribution in [-0.4, -0.2) is 14.5 Å². The fraction of sp³-hybridized carbons (Fsp3) is 0.259. The Bertz CT molecular complexity index is 1920. The van der Waals surface area contributed by atoms with Gasteiger partial charge in [-0.1, -0.05) is 57.7 Å². The zero-order valence-electron chi connectivity index (χ0n) is 33.0. The Hall–Kier alpha value is -3.40. The Kier molecular flexibility index (Phi) is 1.97. The molecule has 0 atom stereocenters. The molecule has 0 radical (unpaired) electrons. The molecule has 0 saturated heterocycles. The molecule has 0 spiro atoms. The summed E-state index contributed by atoms with van der Waals surface area (Å²) < 4.78 is 146. The Morgan fingerprint density at radius 2 is 1.71 bits per heavy atom. The number of benzene rings is 2. The molecule has 0 fully saturated rings. The lowest BCUT2D eigenvalue weighted by Crippen LogP contribution is -2.07. The molecule has 4 nitrogen and oxygen atoms in total. The number of hydrogen-bond acceptors (Lipinski definition) is 3. The Balaban J connectivity index is 1.94. The summed E-state index contributed by atoms with van der Waals surface area (Å²) in [5, 5.41) is 0.860. The zero-order chi connectivity index (χ0) is 36.0. The standard InChI is InChI=1S/C27H27N3O/c1-16(2)19-8-6-9-20(17(3)4)24(19)30-15-14-28-26(30)23-11-7-10-21-22-13-12-18(5)29-27(22)31-25(21)23/h6-17H,1-5H3/i1D3,2D3,3D3,4D3,5D3,16D,17D. The van der Waals surface area contributed by atoms with Crippen molar-refractivity contribution in [1.82, 2.24) is 14.5 Å². The van der Waals surface area contributed by atoms with Crippen LogP contribution in [0.1, 0.15) is 79.3 Å². The van der Waals surface area contributed by atoms with Crippen LogP contribution in [0, 0.1) is 6.85 Å². The van der Waals surface area contributed by atoms with Gasteiger partial charge in [0.2, 0.25) is 5.71 Å². The molecule has 3 aromatic heterocycles. The lowest BCUT2D eigenvalue weighted by atomic mass is 9.92. The summed E-state index contributed by atoms with van der Waals surface area (Å²) >= 11 is 0. The minimum absolute atomic E-state index is 0.0461. The fourth-order valence-electron chi connectivity index (χ4n) is 3.74. The van der Waals surface area contributed by atoms with Crippen LogP contribution in [0.4, 0.5) is 0 Å². The van der Waals surface area contributed by atoms with Gasteiger partial charge in [-0.25, -0.2) is 9.97 Å². The largest absolute Gasteiger partial charge is 0.437 e. The maximum atomic E-state index is 9.00. The molecule has 0 saturated carbocycles. The van der Waals surface area contributed by atoms with E-state index in [0.29, 0.717) is 10.8 Å². The molecule has 3 heterocycles. The van der Waals surface area contributed by atoms with Crippen LogP contribution in [0.25, 0.3) is 39.1 Å². The number of fused-ring (bicyclic) bond motifs is 3. The molecule has 0 unspecified atom stereocenters. The molecular formula is C27H27N3O. The van der Waals surface area contributed by atoms with E-state index in [4.69, 9.17) is 27.7 Å². The molecule has 4 heteroatoms. The third-order valence-corrected chi connectivity index (χ3v) is 5.06. The molecule has 5 aromatic rings. The van der Waals surface area contributed by atoms with Gasteiger partial charge in [-0.15, -0.1) is 0 Å². The van der Waals surface area contributed by atoms with Crippen LogP contribution in [0.3, 0.4) is 0 Å². The summed E-state index contributed by atoms with van der Waals surface area (Å²) in [6.45, 7) is -16.9. The second-order valence-electron chi connectivity index (χ2n) is 6.91. The number of aromatic nitrogens is 3. The van der Waals surface area contributed by atoms with Gasteiger partial charge in [0, 0.05) is 52.2 Å². The number of aryl methyl sites for hydroxylation is 1. The molecule has 0 N–H and O–H groups in total. The highest BCUT2D eigenvalue weighted by Gasteiger charge is 2.21. The van der Waals surface area contributed by atoms with E-state index in [9.17, 15) is 0 Å². The summed E-state index contributed by atoms with van der Waals surface area (Å²) in [5.41, 5.74) is -2.31. The molecule has 0 aliphatic heterocycles. The smallest absolute Gasteiger partial charge is 0.227 e. The van der Waals surface area contributed by atoms with Crippen molar-refractivity contribution in [2.24, 2.45) is 0 Å². The summed E-state index contributed by atoms with van der Waals surface area (Å²) in [5.74, 6) is -7.06. The maximum Gasteiger partial charge on any atom is 0.227 e. The van der Waals surface area contributed by atoms with Crippen LogP contribution in [0.2, 0.25) is 0 Å². The lowest BCUT2D eigenvalue weighted by Gasteiger charge is -2.21. The third kappa shape index (κ3) is 3.14. The topological polar surface area (TPSA) is 43.9 Å². The van der Waals surface area contributed by atoms with Crippen molar-refractivity contribution < 1.29 is 27.7 Å². The normalized spacial score (nSPS) is 22.8.